The number of carbonyl (C=O) groups excluding carboxylic acids is 1. The minimum atomic E-state index is 0.0280. The third-order valence-electron chi connectivity index (χ3n) is 5.08. The van der Waals surface area contributed by atoms with Gasteiger partial charge in [-0.2, -0.15) is 0 Å². The topological polar surface area (TPSA) is 85.8 Å². The summed E-state index contributed by atoms with van der Waals surface area (Å²) in [7, 11) is 0. The van der Waals surface area contributed by atoms with Crippen LogP contribution in [0, 0.1) is 11.8 Å². The summed E-state index contributed by atoms with van der Waals surface area (Å²) in [6, 6.07) is 9.92. The van der Waals surface area contributed by atoms with Crippen LogP contribution in [0.5, 0.6) is 0 Å². The number of aromatic nitrogens is 3. The molecule has 0 spiro atoms. The molecular weight excluding hydrogens is 334 g/mol. The molecule has 7 heteroatoms. The Morgan fingerprint density at radius 1 is 1.28 bits per heavy atom. The highest BCUT2D eigenvalue weighted by atomic mass is 32.2. The van der Waals surface area contributed by atoms with Crippen LogP contribution in [0.1, 0.15) is 33.1 Å². The fraction of sp³-hybridized carbons (Fsp3) is 0.500. The van der Waals surface area contributed by atoms with Crippen LogP contribution in [0.3, 0.4) is 0 Å². The number of nitrogen functional groups attached to an aromatic ring is 1. The van der Waals surface area contributed by atoms with E-state index in [9.17, 15) is 4.79 Å². The number of nitrogens with one attached hydrogen (secondary N) is 1. The van der Waals surface area contributed by atoms with Crippen LogP contribution in [0.15, 0.2) is 35.5 Å². The first-order valence-corrected chi connectivity index (χ1v) is 9.73. The van der Waals surface area contributed by atoms with Crippen LogP contribution in [0.2, 0.25) is 0 Å². The molecule has 0 saturated heterocycles. The summed E-state index contributed by atoms with van der Waals surface area (Å²) < 4.78 is 1.44. The van der Waals surface area contributed by atoms with Crippen molar-refractivity contribution in [2.75, 3.05) is 11.6 Å². The molecule has 0 bridgehead atoms. The Balaban J connectivity index is 1.57. The smallest absolute Gasteiger partial charge is 0.230 e. The summed E-state index contributed by atoms with van der Waals surface area (Å²) in [6.07, 6.45) is 3.50. The first-order chi connectivity index (χ1) is 12.1. The normalized spacial score (nSPS) is 23.4. The Morgan fingerprint density at radius 2 is 2.04 bits per heavy atom. The fourth-order valence-corrected chi connectivity index (χ4v) is 3.99. The SMILES string of the molecule is CC1CCCC(NC(=O)CSc2nnc(-c3ccccc3)n2N)C1C. The lowest BCUT2D eigenvalue weighted by Gasteiger charge is -2.34. The zero-order valence-electron chi connectivity index (χ0n) is 14.7. The van der Waals surface area contributed by atoms with E-state index in [0.717, 1.165) is 12.0 Å². The van der Waals surface area contributed by atoms with Crippen molar-refractivity contribution in [2.24, 2.45) is 11.8 Å². The van der Waals surface area contributed by atoms with Crippen LogP contribution >= 0.6 is 11.8 Å². The number of amides is 1. The first-order valence-electron chi connectivity index (χ1n) is 8.74. The molecule has 1 aromatic carbocycles. The lowest BCUT2D eigenvalue weighted by atomic mass is 9.78. The Labute approximate surface area is 152 Å². The highest BCUT2D eigenvalue weighted by Gasteiger charge is 2.28. The summed E-state index contributed by atoms with van der Waals surface area (Å²) in [5.41, 5.74) is 0.902. The second-order valence-electron chi connectivity index (χ2n) is 6.77. The second kappa shape index (κ2) is 7.91. The summed E-state index contributed by atoms with van der Waals surface area (Å²) in [5.74, 6) is 8.18. The molecule has 1 aromatic heterocycles. The molecule has 3 atom stereocenters. The number of rotatable bonds is 5. The van der Waals surface area contributed by atoms with E-state index in [1.54, 1.807) is 0 Å². The number of benzene rings is 1. The number of nitrogens with zero attached hydrogens (tertiary/aromatic N) is 3. The number of hydrogen-bond donors (Lipinski definition) is 2. The standard InChI is InChI=1S/C18H25N5OS/c1-12-7-6-10-15(13(12)2)20-16(24)11-25-18-22-21-17(23(18)19)14-8-4-3-5-9-14/h3-5,8-9,12-13,15H,6-7,10-11,19H2,1-2H3,(H,20,24). The van der Waals surface area contributed by atoms with E-state index < -0.39 is 0 Å². The van der Waals surface area contributed by atoms with Crippen molar-refractivity contribution in [3.8, 4) is 11.4 Å². The molecule has 1 amide bonds. The van der Waals surface area contributed by atoms with Gasteiger partial charge in [-0.15, -0.1) is 10.2 Å². The number of nitrogens with two attached hydrogens (primary N) is 1. The van der Waals surface area contributed by atoms with Gasteiger partial charge >= 0.3 is 0 Å². The molecule has 25 heavy (non-hydrogen) atoms. The Kier molecular flexibility index (Phi) is 5.63. The van der Waals surface area contributed by atoms with Gasteiger partial charge in [-0.25, -0.2) is 4.68 Å². The molecule has 1 heterocycles. The minimum Gasteiger partial charge on any atom is -0.352 e. The third kappa shape index (κ3) is 4.15. The molecule has 0 aliphatic heterocycles. The molecule has 1 aliphatic carbocycles. The summed E-state index contributed by atoms with van der Waals surface area (Å²) >= 11 is 1.31. The molecule has 3 unspecified atom stereocenters. The monoisotopic (exact) mass is 359 g/mol. The Hall–Kier alpha value is -2.02. The van der Waals surface area contributed by atoms with Crippen LogP contribution in [-0.2, 0) is 4.79 Å². The summed E-state index contributed by atoms with van der Waals surface area (Å²) in [4.78, 5) is 12.3. The fourth-order valence-electron chi connectivity index (χ4n) is 3.32. The largest absolute Gasteiger partial charge is 0.352 e. The molecule has 1 aliphatic rings. The molecule has 1 saturated carbocycles. The zero-order chi connectivity index (χ0) is 17.8. The van der Waals surface area contributed by atoms with Crippen molar-refractivity contribution in [1.29, 1.82) is 0 Å². The van der Waals surface area contributed by atoms with E-state index in [1.807, 2.05) is 30.3 Å². The maximum absolute atomic E-state index is 12.3. The van der Waals surface area contributed by atoms with Gasteiger partial charge in [0, 0.05) is 11.6 Å². The van der Waals surface area contributed by atoms with Gasteiger partial charge in [0.1, 0.15) is 0 Å². The summed E-state index contributed by atoms with van der Waals surface area (Å²) in [5, 5.41) is 12.0. The highest BCUT2D eigenvalue weighted by molar-refractivity contribution is 7.99. The average Bonchev–Trinajstić information content (AvgIpc) is 2.99. The van der Waals surface area contributed by atoms with Crippen LogP contribution < -0.4 is 11.2 Å². The van der Waals surface area contributed by atoms with Crippen LogP contribution in [0.4, 0.5) is 0 Å². The zero-order valence-corrected chi connectivity index (χ0v) is 15.5. The second-order valence-corrected chi connectivity index (χ2v) is 7.71. The van der Waals surface area contributed by atoms with Gasteiger partial charge in [-0.3, -0.25) is 4.79 Å². The molecule has 1 fully saturated rings. The predicted molar refractivity (Wildman–Crippen MR) is 100 cm³/mol. The molecule has 134 valence electrons. The van der Waals surface area contributed by atoms with Crippen molar-refractivity contribution in [2.45, 2.75) is 44.3 Å². The van der Waals surface area contributed by atoms with E-state index in [1.165, 1.54) is 29.3 Å². The van der Waals surface area contributed by atoms with E-state index >= 15 is 0 Å². The van der Waals surface area contributed by atoms with Crippen LogP contribution in [-0.4, -0.2) is 32.6 Å². The van der Waals surface area contributed by atoms with Gasteiger partial charge in [0.25, 0.3) is 0 Å². The van der Waals surface area contributed by atoms with Crippen molar-refractivity contribution in [3.63, 3.8) is 0 Å². The third-order valence-corrected chi connectivity index (χ3v) is 6.03. The Morgan fingerprint density at radius 3 is 2.80 bits per heavy atom. The van der Waals surface area contributed by atoms with Gasteiger partial charge in [0.2, 0.25) is 11.1 Å². The van der Waals surface area contributed by atoms with Crippen molar-refractivity contribution < 1.29 is 4.79 Å². The van der Waals surface area contributed by atoms with Crippen molar-refractivity contribution in [3.05, 3.63) is 30.3 Å². The van der Waals surface area contributed by atoms with E-state index in [4.69, 9.17) is 5.84 Å². The van der Waals surface area contributed by atoms with E-state index in [2.05, 4.69) is 29.4 Å². The minimum absolute atomic E-state index is 0.0280. The summed E-state index contributed by atoms with van der Waals surface area (Å²) in [6.45, 7) is 4.49. The molecule has 3 N–H and O–H groups in total. The van der Waals surface area contributed by atoms with Gasteiger partial charge in [-0.05, 0) is 18.3 Å². The van der Waals surface area contributed by atoms with Gasteiger partial charge in [0.05, 0.1) is 5.75 Å². The van der Waals surface area contributed by atoms with Crippen molar-refractivity contribution in [1.82, 2.24) is 20.2 Å². The van der Waals surface area contributed by atoms with Gasteiger partial charge in [0.15, 0.2) is 5.82 Å². The van der Waals surface area contributed by atoms with E-state index in [-0.39, 0.29) is 11.9 Å². The van der Waals surface area contributed by atoms with Gasteiger partial charge in [-0.1, -0.05) is 68.8 Å². The molecule has 6 nitrogen and oxygen atoms in total. The van der Waals surface area contributed by atoms with Crippen molar-refractivity contribution >= 4 is 17.7 Å². The Bertz CT molecular complexity index is 718. The average molecular weight is 359 g/mol. The predicted octanol–water partition coefficient (Wildman–Crippen LogP) is 2.69. The maximum Gasteiger partial charge on any atom is 0.230 e. The first kappa shape index (κ1) is 17.8. The van der Waals surface area contributed by atoms with Crippen LogP contribution in [0.25, 0.3) is 11.4 Å². The number of hydrogen-bond acceptors (Lipinski definition) is 5. The quantitative estimate of drug-likeness (QED) is 0.633. The number of carbonyl (C=O) groups is 1. The molecule has 3 rings (SSSR count). The molecule has 0 radical (unpaired) electrons. The highest BCUT2D eigenvalue weighted by Crippen LogP contribution is 2.29. The molecule has 2 aromatic rings. The molecular formula is C18H25N5OS. The lowest BCUT2D eigenvalue weighted by Crippen LogP contribution is -2.44. The maximum atomic E-state index is 12.3. The lowest BCUT2D eigenvalue weighted by molar-refractivity contribution is -0.120. The van der Waals surface area contributed by atoms with Gasteiger partial charge < -0.3 is 11.2 Å². The van der Waals surface area contributed by atoms with E-state index in [0.29, 0.717) is 28.6 Å². The number of thioether (sulfide) groups is 1.